The largest absolute Gasteiger partial charge is 0.618 e. The summed E-state index contributed by atoms with van der Waals surface area (Å²) in [6.07, 6.45) is 0. The summed E-state index contributed by atoms with van der Waals surface area (Å²) >= 11 is 0. The maximum Gasteiger partial charge on any atom is 0.308 e. The van der Waals surface area contributed by atoms with Crippen LogP contribution in [0.5, 0.6) is 5.75 Å². The zero-order valence-corrected chi connectivity index (χ0v) is 15.8. The van der Waals surface area contributed by atoms with Crippen LogP contribution in [0.1, 0.15) is 35.6 Å². The summed E-state index contributed by atoms with van der Waals surface area (Å²) in [7, 11) is 1.49. The zero-order valence-electron chi connectivity index (χ0n) is 15.8. The lowest BCUT2D eigenvalue weighted by molar-refractivity contribution is -0.580. The molecule has 0 saturated carbocycles. The molecule has 3 rings (SSSR count). The van der Waals surface area contributed by atoms with E-state index in [2.05, 4.69) is 4.98 Å². The summed E-state index contributed by atoms with van der Waals surface area (Å²) in [6, 6.07) is 13.2. The first-order valence-electron chi connectivity index (χ1n) is 8.79. The highest BCUT2D eigenvalue weighted by molar-refractivity contribution is 6.07. The standard InChI is InChI=1S/C21H20N2O5/c1-13(2)21(25)28-12-17-19(20(24)14-7-5-4-6-8-14)23(26)18-11-15(27-3)9-10-16(18)22-17/h4-11,13H,12H2,1-3H3. The average Bonchev–Trinajstić information content (AvgIpc) is 2.72. The van der Waals surface area contributed by atoms with Crippen LogP contribution in [0.2, 0.25) is 0 Å². The number of benzene rings is 2. The second-order valence-electron chi connectivity index (χ2n) is 6.51. The third kappa shape index (κ3) is 3.78. The van der Waals surface area contributed by atoms with Gasteiger partial charge in [-0.25, -0.2) is 4.98 Å². The van der Waals surface area contributed by atoms with Gasteiger partial charge < -0.3 is 14.7 Å². The summed E-state index contributed by atoms with van der Waals surface area (Å²) < 4.78 is 10.9. The molecule has 0 unspecified atom stereocenters. The molecular weight excluding hydrogens is 360 g/mol. The van der Waals surface area contributed by atoms with Crippen LogP contribution < -0.4 is 9.47 Å². The second-order valence-corrected chi connectivity index (χ2v) is 6.51. The summed E-state index contributed by atoms with van der Waals surface area (Å²) in [6.45, 7) is 3.13. The summed E-state index contributed by atoms with van der Waals surface area (Å²) in [4.78, 5) is 29.3. The molecule has 0 aliphatic rings. The van der Waals surface area contributed by atoms with E-state index in [-0.39, 0.29) is 29.4 Å². The van der Waals surface area contributed by atoms with Crippen molar-refractivity contribution in [2.45, 2.75) is 20.5 Å². The van der Waals surface area contributed by atoms with Crippen molar-refractivity contribution in [1.29, 1.82) is 0 Å². The molecule has 0 spiro atoms. The van der Waals surface area contributed by atoms with Gasteiger partial charge in [0, 0.05) is 5.56 Å². The van der Waals surface area contributed by atoms with Gasteiger partial charge in [0.2, 0.25) is 5.52 Å². The number of aromatic nitrogens is 2. The topological polar surface area (TPSA) is 92.4 Å². The number of ether oxygens (including phenoxy) is 2. The van der Waals surface area contributed by atoms with Crippen molar-refractivity contribution < 1.29 is 23.8 Å². The molecule has 7 heteroatoms. The van der Waals surface area contributed by atoms with E-state index in [1.165, 1.54) is 13.2 Å². The van der Waals surface area contributed by atoms with Crippen LogP contribution in [-0.2, 0) is 16.1 Å². The summed E-state index contributed by atoms with van der Waals surface area (Å²) in [5, 5.41) is 13.1. The minimum absolute atomic E-state index is 0.107. The average molecular weight is 380 g/mol. The zero-order chi connectivity index (χ0) is 20.3. The Kier molecular flexibility index (Phi) is 5.54. The molecule has 28 heavy (non-hydrogen) atoms. The van der Waals surface area contributed by atoms with E-state index in [0.717, 1.165) is 0 Å². The van der Waals surface area contributed by atoms with Gasteiger partial charge in [0.1, 0.15) is 17.9 Å². The van der Waals surface area contributed by atoms with Crippen molar-refractivity contribution in [2.24, 2.45) is 5.92 Å². The first-order valence-corrected chi connectivity index (χ1v) is 8.79. The smallest absolute Gasteiger partial charge is 0.308 e. The molecule has 2 aromatic carbocycles. The second kappa shape index (κ2) is 8.04. The molecule has 144 valence electrons. The van der Waals surface area contributed by atoms with Crippen LogP contribution in [0.15, 0.2) is 48.5 Å². The Morgan fingerprint density at radius 2 is 1.86 bits per heavy atom. The fraction of sp³-hybridized carbons (Fsp3) is 0.238. The molecule has 0 radical (unpaired) electrons. The van der Waals surface area contributed by atoms with Crippen LogP contribution in [0.4, 0.5) is 0 Å². The van der Waals surface area contributed by atoms with Gasteiger partial charge in [-0.15, -0.1) is 0 Å². The minimum atomic E-state index is -0.497. The number of hydrogen-bond acceptors (Lipinski definition) is 6. The fourth-order valence-electron chi connectivity index (χ4n) is 2.68. The van der Waals surface area contributed by atoms with Crippen molar-refractivity contribution in [3.63, 3.8) is 0 Å². The number of hydrogen-bond donors (Lipinski definition) is 0. The molecule has 3 aromatic rings. The number of esters is 1. The highest BCUT2D eigenvalue weighted by Crippen LogP contribution is 2.20. The maximum absolute atomic E-state index is 13.1. The molecule has 0 atom stereocenters. The summed E-state index contributed by atoms with van der Waals surface area (Å²) in [5.74, 6) is -0.802. The number of methoxy groups -OCH3 is 1. The van der Waals surface area contributed by atoms with E-state index in [1.807, 2.05) is 0 Å². The number of carbonyl (C=O) groups excluding carboxylic acids is 2. The normalized spacial score (nSPS) is 10.9. The number of ketones is 1. The predicted molar refractivity (Wildman–Crippen MR) is 102 cm³/mol. The number of nitrogens with zero attached hydrogens (tertiary/aromatic N) is 2. The van der Waals surface area contributed by atoms with Gasteiger partial charge in [0.25, 0.3) is 11.5 Å². The van der Waals surface area contributed by atoms with Gasteiger partial charge in [0.15, 0.2) is 5.69 Å². The van der Waals surface area contributed by atoms with E-state index in [4.69, 9.17) is 9.47 Å². The molecule has 0 fully saturated rings. The molecule has 1 aromatic heterocycles. The number of fused-ring (bicyclic) bond motifs is 1. The quantitative estimate of drug-likeness (QED) is 0.283. The lowest BCUT2D eigenvalue weighted by Crippen LogP contribution is -2.38. The van der Waals surface area contributed by atoms with Crippen LogP contribution in [0.3, 0.4) is 0 Å². The third-order valence-electron chi connectivity index (χ3n) is 4.21. The Bertz CT molecular complexity index is 1030. The number of carbonyl (C=O) groups is 2. The van der Waals surface area contributed by atoms with Gasteiger partial charge in [-0.05, 0) is 12.1 Å². The molecule has 0 bridgehead atoms. The van der Waals surface area contributed by atoms with Crippen molar-refractivity contribution in [2.75, 3.05) is 7.11 Å². The lowest BCUT2D eigenvalue weighted by Gasteiger charge is -2.13. The lowest BCUT2D eigenvalue weighted by atomic mass is 10.1. The van der Waals surface area contributed by atoms with Crippen molar-refractivity contribution >= 4 is 22.8 Å². The molecule has 0 amide bonds. The Hall–Kier alpha value is -3.48. The third-order valence-corrected chi connectivity index (χ3v) is 4.21. The Balaban J connectivity index is 2.15. The van der Waals surface area contributed by atoms with Gasteiger partial charge in [-0.3, -0.25) is 9.59 Å². The molecule has 0 aliphatic carbocycles. The SMILES string of the molecule is COc1ccc2nc(COC(=O)C(C)C)c(C(=O)c3ccccc3)[n+]([O-])c2c1. The van der Waals surface area contributed by atoms with Crippen molar-refractivity contribution in [1.82, 2.24) is 4.98 Å². The first kappa shape index (κ1) is 19.3. The Labute approximate surface area is 162 Å². The van der Waals surface area contributed by atoms with E-state index in [0.29, 0.717) is 21.6 Å². The van der Waals surface area contributed by atoms with Gasteiger partial charge in [-0.2, -0.15) is 4.73 Å². The minimum Gasteiger partial charge on any atom is -0.618 e. The predicted octanol–water partition coefficient (Wildman–Crippen LogP) is 2.81. The van der Waals surface area contributed by atoms with Crippen LogP contribution >= 0.6 is 0 Å². The fourth-order valence-corrected chi connectivity index (χ4v) is 2.68. The molecule has 7 nitrogen and oxygen atoms in total. The van der Waals surface area contributed by atoms with E-state index in [1.54, 1.807) is 56.3 Å². The monoisotopic (exact) mass is 380 g/mol. The van der Waals surface area contributed by atoms with Crippen LogP contribution in [0.25, 0.3) is 11.0 Å². The van der Waals surface area contributed by atoms with E-state index < -0.39 is 11.8 Å². The summed E-state index contributed by atoms with van der Waals surface area (Å²) in [5.41, 5.74) is 0.834. The van der Waals surface area contributed by atoms with Gasteiger partial charge in [-0.1, -0.05) is 44.2 Å². The maximum atomic E-state index is 13.1. The molecule has 1 heterocycles. The van der Waals surface area contributed by atoms with Gasteiger partial charge >= 0.3 is 5.97 Å². The Morgan fingerprint density at radius 1 is 1.14 bits per heavy atom. The van der Waals surface area contributed by atoms with Crippen LogP contribution in [-0.4, -0.2) is 23.8 Å². The van der Waals surface area contributed by atoms with E-state index >= 15 is 0 Å². The molecule has 0 saturated heterocycles. The molecular formula is C21H20N2O5. The highest BCUT2D eigenvalue weighted by Gasteiger charge is 2.28. The van der Waals surface area contributed by atoms with Crippen LogP contribution in [0, 0.1) is 11.1 Å². The molecule has 0 aliphatic heterocycles. The first-order chi connectivity index (χ1) is 13.4. The Morgan fingerprint density at radius 3 is 2.50 bits per heavy atom. The van der Waals surface area contributed by atoms with E-state index in [9.17, 15) is 14.8 Å². The molecule has 0 N–H and O–H groups in total. The highest BCUT2D eigenvalue weighted by atomic mass is 16.5. The van der Waals surface area contributed by atoms with Gasteiger partial charge in [0.05, 0.1) is 19.1 Å². The van der Waals surface area contributed by atoms with Crippen molar-refractivity contribution in [3.8, 4) is 5.75 Å². The number of rotatable bonds is 6. The van der Waals surface area contributed by atoms with Crippen molar-refractivity contribution in [3.05, 3.63) is 70.7 Å².